The van der Waals surface area contributed by atoms with Gasteiger partial charge in [0, 0.05) is 24.5 Å². The summed E-state index contributed by atoms with van der Waals surface area (Å²) < 4.78 is 0. The number of aryl methyl sites for hydroxylation is 1. The molecule has 82 valence electrons. The average molecular weight is 212 g/mol. The first-order valence-corrected chi connectivity index (χ1v) is 5.45. The van der Waals surface area contributed by atoms with Gasteiger partial charge in [0.15, 0.2) is 0 Å². The molecule has 0 saturated carbocycles. The van der Waals surface area contributed by atoms with Gasteiger partial charge in [-0.2, -0.15) is 0 Å². The highest BCUT2D eigenvalue weighted by molar-refractivity contribution is 5.63. The van der Waals surface area contributed by atoms with Crippen LogP contribution in [0.1, 0.15) is 11.1 Å². The van der Waals surface area contributed by atoms with Crippen molar-refractivity contribution in [2.75, 3.05) is 7.05 Å². The van der Waals surface area contributed by atoms with E-state index in [1.807, 2.05) is 19.4 Å². The molecule has 2 aromatic rings. The second-order valence-corrected chi connectivity index (χ2v) is 3.98. The van der Waals surface area contributed by atoms with E-state index in [1.165, 1.54) is 22.3 Å². The minimum atomic E-state index is 0.854. The fraction of sp³-hybridized carbons (Fsp3) is 0.214. The second-order valence-electron chi connectivity index (χ2n) is 3.98. The topological polar surface area (TPSA) is 24.9 Å². The summed E-state index contributed by atoms with van der Waals surface area (Å²) in [7, 11) is 1.94. The van der Waals surface area contributed by atoms with E-state index in [4.69, 9.17) is 0 Å². The lowest BCUT2D eigenvalue weighted by molar-refractivity contribution is 0.813. The lowest BCUT2D eigenvalue weighted by Gasteiger charge is -2.05. The maximum absolute atomic E-state index is 4.27. The van der Waals surface area contributed by atoms with Gasteiger partial charge in [-0.1, -0.05) is 29.8 Å². The maximum atomic E-state index is 4.27. The zero-order valence-electron chi connectivity index (χ0n) is 9.70. The monoisotopic (exact) mass is 212 g/mol. The van der Waals surface area contributed by atoms with Gasteiger partial charge in [0.2, 0.25) is 0 Å². The van der Waals surface area contributed by atoms with Gasteiger partial charge < -0.3 is 5.32 Å². The smallest absolute Gasteiger partial charge is 0.0346 e. The predicted molar refractivity (Wildman–Crippen MR) is 67.2 cm³/mol. The lowest BCUT2D eigenvalue weighted by atomic mass is 10.0. The minimum absolute atomic E-state index is 0.854. The number of pyridine rings is 1. The molecular weight excluding hydrogens is 196 g/mol. The summed E-state index contributed by atoms with van der Waals surface area (Å²) in [5.41, 5.74) is 4.89. The molecule has 1 N–H and O–H groups in total. The Bertz CT molecular complexity index is 478. The molecule has 0 amide bonds. The standard InChI is InChI=1S/C14H16N2/c1-11-4-3-5-13(6-11)14-7-12(8-15-2)9-16-10-14/h3-7,9-10,15H,8H2,1-2H3. The van der Waals surface area contributed by atoms with Crippen LogP contribution in [0.15, 0.2) is 42.7 Å². The molecule has 2 heteroatoms. The number of nitrogens with zero attached hydrogens (tertiary/aromatic N) is 1. The van der Waals surface area contributed by atoms with Crippen LogP contribution in [0, 0.1) is 6.92 Å². The Labute approximate surface area is 96.4 Å². The summed E-state index contributed by atoms with van der Waals surface area (Å²) in [6.07, 6.45) is 3.81. The van der Waals surface area contributed by atoms with Crippen LogP contribution in [0.2, 0.25) is 0 Å². The molecule has 1 aromatic carbocycles. The third-order valence-corrected chi connectivity index (χ3v) is 2.53. The Morgan fingerprint density at radius 3 is 2.75 bits per heavy atom. The molecule has 0 fully saturated rings. The Kier molecular flexibility index (Phi) is 3.32. The van der Waals surface area contributed by atoms with Crippen molar-refractivity contribution < 1.29 is 0 Å². The Morgan fingerprint density at radius 2 is 2.00 bits per heavy atom. The first kappa shape index (κ1) is 10.8. The maximum Gasteiger partial charge on any atom is 0.0346 e. The molecule has 2 nitrogen and oxygen atoms in total. The molecule has 16 heavy (non-hydrogen) atoms. The summed E-state index contributed by atoms with van der Waals surface area (Å²) in [5.74, 6) is 0. The molecule has 1 heterocycles. The van der Waals surface area contributed by atoms with Crippen LogP contribution in [0.25, 0.3) is 11.1 Å². The zero-order chi connectivity index (χ0) is 11.4. The molecule has 0 unspecified atom stereocenters. The van der Waals surface area contributed by atoms with Crippen LogP contribution < -0.4 is 5.32 Å². The van der Waals surface area contributed by atoms with E-state index in [2.05, 4.69) is 47.6 Å². The van der Waals surface area contributed by atoms with Gasteiger partial charge in [0.1, 0.15) is 0 Å². The summed E-state index contributed by atoms with van der Waals surface area (Å²) in [6.45, 7) is 2.96. The molecule has 0 aliphatic heterocycles. The predicted octanol–water partition coefficient (Wildman–Crippen LogP) is 2.78. The van der Waals surface area contributed by atoms with Crippen molar-refractivity contribution in [3.63, 3.8) is 0 Å². The van der Waals surface area contributed by atoms with Gasteiger partial charge in [0.25, 0.3) is 0 Å². The summed E-state index contributed by atoms with van der Waals surface area (Å²) in [4.78, 5) is 4.27. The van der Waals surface area contributed by atoms with Crippen LogP contribution >= 0.6 is 0 Å². The largest absolute Gasteiger partial charge is 0.316 e. The average Bonchev–Trinajstić information content (AvgIpc) is 2.30. The van der Waals surface area contributed by atoms with E-state index in [0.29, 0.717) is 0 Å². The van der Waals surface area contributed by atoms with E-state index in [0.717, 1.165) is 6.54 Å². The number of hydrogen-bond donors (Lipinski definition) is 1. The van der Waals surface area contributed by atoms with E-state index >= 15 is 0 Å². The molecule has 2 rings (SSSR count). The van der Waals surface area contributed by atoms with Crippen molar-refractivity contribution in [3.8, 4) is 11.1 Å². The van der Waals surface area contributed by atoms with Gasteiger partial charge in [-0.15, -0.1) is 0 Å². The normalized spacial score (nSPS) is 10.4. The first-order valence-electron chi connectivity index (χ1n) is 5.45. The number of nitrogens with one attached hydrogen (secondary N) is 1. The van der Waals surface area contributed by atoms with Crippen LogP contribution in [-0.4, -0.2) is 12.0 Å². The molecule has 0 aliphatic carbocycles. The highest BCUT2D eigenvalue weighted by Gasteiger charge is 1.99. The molecular formula is C14H16N2. The fourth-order valence-electron chi connectivity index (χ4n) is 1.77. The van der Waals surface area contributed by atoms with Crippen molar-refractivity contribution in [1.29, 1.82) is 0 Å². The quantitative estimate of drug-likeness (QED) is 0.846. The van der Waals surface area contributed by atoms with E-state index in [9.17, 15) is 0 Å². The molecule has 0 atom stereocenters. The van der Waals surface area contributed by atoms with Crippen molar-refractivity contribution in [2.24, 2.45) is 0 Å². The highest BCUT2D eigenvalue weighted by Crippen LogP contribution is 2.20. The molecule has 0 radical (unpaired) electrons. The minimum Gasteiger partial charge on any atom is -0.316 e. The van der Waals surface area contributed by atoms with Crippen LogP contribution in [0.4, 0.5) is 0 Å². The van der Waals surface area contributed by atoms with Gasteiger partial charge in [-0.05, 0) is 31.2 Å². The Morgan fingerprint density at radius 1 is 1.12 bits per heavy atom. The lowest BCUT2D eigenvalue weighted by Crippen LogP contribution is -2.05. The number of benzene rings is 1. The summed E-state index contributed by atoms with van der Waals surface area (Å²) in [5, 5.41) is 3.13. The van der Waals surface area contributed by atoms with Crippen molar-refractivity contribution in [3.05, 3.63) is 53.9 Å². The SMILES string of the molecule is CNCc1cncc(-c2cccc(C)c2)c1. The molecule has 1 aromatic heterocycles. The number of rotatable bonds is 3. The summed E-state index contributed by atoms with van der Waals surface area (Å²) >= 11 is 0. The molecule has 0 aliphatic rings. The van der Waals surface area contributed by atoms with Crippen molar-refractivity contribution in [1.82, 2.24) is 10.3 Å². The zero-order valence-corrected chi connectivity index (χ0v) is 9.70. The Balaban J connectivity index is 2.36. The Hall–Kier alpha value is -1.67. The third kappa shape index (κ3) is 2.47. The van der Waals surface area contributed by atoms with Crippen molar-refractivity contribution in [2.45, 2.75) is 13.5 Å². The van der Waals surface area contributed by atoms with Crippen LogP contribution in [0.3, 0.4) is 0 Å². The van der Waals surface area contributed by atoms with Crippen molar-refractivity contribution >= 4 is 0 Å². The van der Waals surface area contributed by atoms with Gasteiger partial charge >= 0.3 is 0 Å². The van der Waals surface area contributed by atoms with Gasteiger partial charge in [0.05, 0.1) is 0 Å². The van der Waals surface area contributed by atoms with Gasteiger partial charge in [-0.25, -0.2) is 0 Å². The molecule has 0 spiro atoms. The van der Waals surface area contributed by atoms with E-state index in [-0.39, 0.29) is 0 Å². The van der Waals surface area contributed by atoms with Crippen LogP contribution in [0.5, 0.6) is 0 Å². The number of hydrogen-bond acceptors (Lipinski definition) is 2. The first-order chi connectivity index (χ1) is 7.79. The van der Waals surface area contributed by atoms with Gasteiger partial charge in [-0.3, -0.25) is 4.98 Å². The molecule has 0 saturated heterocycles. The number of aromatic nitrogens is 1. The van der Waals surface area contributed by atoms with Crippen LogP contribution in [-0.2, 0) is 6.54 Å². The summed E-state index contributed by atoms with van der Waals surface area (Å²) in [6, 6.07) is 10.7. The highest BCUT2D eigenvalue weighted by atomic mass is 14.8. The third-order valence-electron chi connectivity index (χ3n) is 2.53. The molecule has 0 bridgehead atoms. The second kappa shape index (κ2) is 4.90. The fourth-order valence-corrected chi connectivity index (χ4v) is 1.77. The van der Waals surface area contributed by atoms with E-state index in [1.54, 1.807) is 0 Å². The van der Waals surface area contributed by atoms with E-state index < -0.39 is 0 Å².